The van der Waals surface area contributed by atoms with Crippen LogP contribution in [-0.2, 0) is 6.54 Å². The van der Waals surface area contributed by atoms with Crippen LogP contribution in [0.25, 0.3) is 0 Å². The fraction of sp³-hybridized carbons (Fsp3) is 0.0769. The van der Waals surface area contributed by atoms with Gasteiger partial charge in [-0.05, 0) is 18.2 Å². The van der Waals surface area contributed by atoms with Crippen molar-refractivity contribution in [2.75, 3.05) is 5.32 Å². The van der Waals surface area contributed by atoms with Gasteiger partial charge in [0.05, 0.1) is 9.85 Å². The molecule has 0 unspecified atom stereocenters. The number of benzene rings is 2. The number of hydrogen-bond acceptors (Lipinski definition) is 5. The molecule has 0 fully saturated rings. The van der Waals surface area contributed by atoms with E-state index < -0.39 is 9.85 Å². The molecule has 7 nitrogen and oxygen atoms in total. The number of nitrogens with one attached hydrogen (secondary N) is 1. The Kier molecular flexibility index (Phi) is 4.49. The van der Waals surface area contributed by atoms with Crippen LogP contribution in [0.15, 0.2) is 46.9 Å². The quantitative estimate of drug-likeness (QED) is 0.650. The van der Waals surface area contributed by atoms with Crippen LogP contribution < -0.4 is 5.32 Å². The molecule has 2 rings (SSSR count). The van der Waals surface area contributed by atoms with Gasteiger partial charge in [-0.15, -0.1) is 0 Å². The van der Waals surface area contributed by atoms with Crippen LogP contribution in [-0.4, -0.2) is 9.85 Å². The van der Waals surface area contributed by atoms with Crippen molar-refractivity contribution in [1.82, 2.24) is 0 Å². The van der Waals surface area contributed by atoms with Crippen LogP contribution in [0.5, 0.6) is 0 Å². The van der Waals surface area contributed by atoms with E-state index in [2.05, 4.69) is 21.2 Å². The molecule has 0 atom stereocenters. The summed E-state index contributed by atoms with van der Waals surface area (Å²) in [7, 11) is 0. The highest BCUT2D eigenvalue weighted by molar-refractivity contribution is 9.10. The Labute approximate surface area is 128 Å². The number of nitro groups is 2. The van der Waals surface area contributed by atoms with E-state index in [1.807, 2.05) is 0 Å². The Morgan fingerprint density at radius 1 is 1.00 bits per heavy atom. The van der Waals surface area contributed by atoms with Gasteiger partial charge in [-0.2, -0.15) is 0 Å². The maximum atomic E-state index is 11.0. The second-order valence-electron chi connectivity index (χ2n) is 4.16. The lowest BCUT2D eigenvalue weighted by Crippen LogP contribution is -2.05. The predicted molar refractivity (Wildman–Crippen MR) is 81.2 cm³/mol. The van der Waals surface area contributed by atoms with Crippen LogP contribution >= 0.6 is 15.9 Å². The van der Waals surface area contributed by atoms with E-state index in [4.69, 9.17) is 0 Å². The van der Waals surface area contributed by atoms with Crippen LogP contribution in [0.2, 0.25) is 0 Å². The van der Waals surface area contributed by atoms with Crippen molar-refractivity contribution in [1.29, 1.82) is 0 Å². The minimum Gasteiger partial charge on any atom is -0.375 e. The molecule has 0 aromatic heterocycles. The van der Waals surface area contributed by atoms with Crippen LogP contribution in [0, 0.1) is 20.2 Å². The monoisotopic (exact) mass is 351 g/mol. The third-order valence-corrected chi connectivity index (χ3v) is 3.31. The van der Waals surface area contributed by atoms with Crippen LogP contribution in [0.4, 0.5) is 17.1 Å². The zero-order valence-corrected chi connectivity index (χ0v) is 12.2. The highest BCUT2D eigenvalue weighted by atomic mass is 79.9. The second-order valence-corrected chi connectivity index (χ2v) is 5.07. The minimum atomic E-state index is -0.502. The molecule has 0 saturated carbocycles. The van der Waals surface area contributed by atoms with Gasteiger partial charge < -0.3 is 5.32 Å². The van der Waals surface area contributed by atoms with E-state index in [1.54, 1.807) is 30.3 Å². The first-order valence-corrected chi connectivity index (χ1v) is 6.68. The molecule has 0 amide bonds. The summed E-state index contributed by atoms with van der Waals surface area (Å²) in [6.45, 7) is 0.119. The second kappa shape index (κ2) is 6.31. The van der Waals surface area contributed by atoms with Crippen molar-refractivity contribution in [3.8, 4) is 0 Å². The van der Waals surface area contributed by atoms with E-state index in [1.165, 1.54) is 12.1 Å². The Hall–Kier alpha value is -2.48. The molecular weight excluding hydrogens is 342 g/mol. The highest BCUT2D eigenvalue weighted by Crippen LogP contribution is 2.27. The smallest absolute Gasteiger partial charge is 0.292 e. The number of nitrogens with zero attached hydrogens (tertiary/aromatic N) is 2. The standard InChI is InChI=1S/C13H10BrN3O4/c14-10-6-5-9(13(7-10)17(20)21)8-15-11-3-1-2-4-12(11)16(18)19/h1-7,15H,8H2. The van der Waals surface area contributed by atoms with Crippen LogP contribution in [0.3, 0.4) is 0 Å². The van der Waals surface area contributed by atoms with Crippen molar-refractivity contribution in [3.05, 3.63) is 72.7 Å². The highest BCUT2D eigenvalue weighted by Gasteiger charge is 2.16. The zero-order chi connectivity index (χ0) is 15.4. The Bertz CT molecular complexity index is 706. The normalized spacial score (nSPS) is 10.1. The van der Waals surface area contributed by atoms with Gasteiger partial charge in [-0.1, -0.05) is 28.1 Å². The summed E-state index contributed by atoms with van der Waals surface area (Å²) in [4.78, 5) is 20.9. The van der Waals surface area contributed by atoms with Crippen molar-refractivity contribution in [3.63, 3.8) is 0 Å². The summed E-state index contributed by atoms with van der Waals surface area (Å²) in [6, 6.07) is 10.8. The van der Waals surface area contributed by atoms with E-state index in [-0.39, 0.29) is 17.9 Å². The molecule has 1 N–H and O–H groups in total. The lowest BCUT2D eigenvalue weighted by Gasteiger charge is -2.08. The fourth-order valence-corrected chi connectivity index (χ4v) is 2.18. The summed E-state index contributed by atoms with van der Waals surface area (Å²) in [5.74, 6) is 0. The molecule has 0 spiro atoms. The number of hydrogen-bond donors (Lipinski definition) is 1. The average Bonchev–Trinajstić information content (AvgIpc) is 2.46. The van der Waals surface area contributed by atoms with Crippen molar-refractivity contribution in [2.24, 2.45) is 0 Å². The molecule has 2 aromatic rings. The zero-order valence-electron chi connectivity index (χ0n) is 10.7. The van der Waals surface area contributed by atoms with Gasteiger partial charge in [-0.25, -0.2) is 0 Å². The molecule has 108 valence electrons. The predicted octanol–water partition coefficient (Wildman–Crippen LogP) is 3.88. The Morgan fingerprint density at radius 2 is 1.67 bits per heavy atom. The molecule has 0 aliphatic heterocycles. The first-order valence-electron chi connectivity index (χ1n) is 5.89. The first kappa shape index (κ1) is 14.9. The van der Waals surface area contributed by atoms with E-state index >= 15 is 0 Å². The number of nitro benzene ring substituents is 2. The van der Waals surface area contributed by atoms with Gasteiger partial charge in [-0.3, -0.25) is 20.2 Å². The van der Waals surface area contributed by atoms with Gasteiger partial charge in [0, 0.05) is 28.7 Å². The summed E-state index contributed by atoms with van der Waals surface area (Å²) in [5.41, 5.74) is 0.647. The maximum Gasteiger partial charge on any atom is 0.292 e. The molecule has 0 bridgehead atoms. The van der Waals surface area contributed by atoms with Gasteiger partial charge in [0.1, 0.15) is 5.69 Å². The number of rotatable bonds is 5. The van der Waals surface area contributed by atoms with Crippen molar-refractivity contribution < 1.29 is 9.85 Å². The van der Waals surface area contributed by atoms with E-state index in [0.717, 1.165) is 0 Å². The van der Waals surface area contributed by atoms with Gasteiger partial charge in [0.25, 0.3) is 11.4 Å². The number of para-hydroxylation sites is 2. The molecule has 0 aliphatic carbocycles. The maximum absolute atomic E-state index is 11.0. The SMILES string of the molecule is O=[N+]([O-])c1cc(Br)ccc1CNc1ccccc1[N+](=O)[O-]. The van der Waals surface area contributed by atoms with Crippen molar-refractivity contribution in [2.45, 2.75) is 6.54 Å². The molecule has 0 saturated heterocycles. The summed E-state index contributed by atoms with van der Waals surface area (Å²) >= 11 is 3.18. The van der Waals surface area contributed by atoms with Gasteiger partial charge in [0.15, 0.2) is 0 Å². The molecule has 0 heterocycles. The largest absolute Gasteiger partial charge is 0.375 e. The topological polar surface area (TPSA) is 98.3 Å². The van der Waals surface area contributed by atoms with Crippen molar-refractivity contribution >= 4 is 33.0 Å². The minimum absolute atomic E-state index is 0.0459. The molecule has 8 heteroatoms. The van der Waals surface area contributed by atoms with E-state index in [0.29, 0.717) is 15.7 Å². The van der Waals surface area contributed by atoms with Gasteiger partial charge in [0.2, 0.25) is 0 Å². The summed E-state index contributed by atoms with van der Waals surface area (Å²) < 4.78 is 0.601. The number of anilines is 1. The first-order chi connectivity index (χ1) is 9.99. The van der Waals surface area contributed by atoms with Crippen LogP contribution in [0.1, 0.15) is 5.56 Å². The molecule has 21 heavy (non-hydrogen) atoms. The summed E-state index contributed by atoms with van der Waals surface area (Å²) in [5, 5.41) is 24.8. The fourth-order valence-electron chi connectivity index (χ4n) is 1.83. The average molecular weight is 352 g/mol. The molecule has 2 aromatic carbocycles. The Morgan fingerprint density at radius 3 is 2.33 bits per heavy atom. The summed E-state index contributed by atoms with van der Waals surface area (Å²) in [6.07, 6.45) is 0. The lowest BCUT2D eigenvalue weighted by atomic mass is 10.1. The van der Waals surface area contributed by atoms with Gasteiger partial charge >= 0.3 is 0 Å². The number of halogens is 1. The lowest BCUT2D eigenvalue weighted by molar-refractivity contribution is -0.385. The molecule has 0 aliphatic rings. The molecule has 0 radical (unpaired) electrons. The molecular formula is C13H10BrN3O4. The van der Waals surface area contributed by atoms with E-state index in [9.17, 15) is 20.2 Å². The Balaban J connectivity index is 2.25. The third-order valence-electron chi connectivity index (χ3n) is 2.81. The third kappa shape index (κ3) is 3.54.